The van der Waals surface area contributed by atoms with E-state index in [0.29, 0.717) is 19.5 Å². The highest BCUT2D eigenvalue weighted by Gasteiger charge is 2.12. The van der Waals surface area contributed by atoms with Crippen LogP contribution in [0.5, 0.6) is 0 Å². The highest BCUT2D eigenvalue weighted by atomic mass is 16.2. The van der Waals surface area contributed by atoms with Crippen LogP contribution in [0.15, 0.2) is 66.9 Å². The fourth-order valence-corrected chi connectivity index (χ4v) is 3.53. The predicted molar refractivity (Wildman–Crippen MR) is 124 cm³/mol. The van der Waals surface area contributed by atoms with Crippen LogP contribution in [0.1, 0.15) is 29.4 Å². The van der Waals surface area contributed by atoms with Crippen LogP contribution in [0.4, 0.5) is 10.5 Å². The minimum Gasteiger partial charge on any atom is -0.337 e. The number of pyridine rings is 1. The molecule has 4 aromatic rings. The fraction of sp³-hybridized carbons (Fsp3) is 0.240. The zero-order valence-electron chi connectivity index (χ0n) is 17.9. The van der Waals surface area contributed by atoms with Crippen LogP contribution in [0, 0.1) is 6.92 Å². The second-order valence-corrected chi connectivity index (χ2v) is 7.63. The summed E-state index contributed by atoms with van der Waals surface area (Å²) < 4.78 is 2.13. The molecule has 31 heavy (non-hydrogen) atoms. The number of aryl methyl sites for hydroxylation is 2. The summed E-state index contributed by atoms with van der Waals surface area (Å²) in [6.07, 6.45) is 3.38. The highest BCUT2D eigenvalue weighted by molar-refractivity contribution is 5.89. The number of fused-ring (bicyclic) bond motifs is 1. The van der Waals surface area contributed by atoms with Gasteiger partial charge in [0.05, 0.1) is 6.54 Å². The third kappa shape index (κ3) is 5.09. The van der Waals surface area contributed by atoms with Gasteiger partial charge in [0.25, 0.3) is 0 Å². The van der Waals surface area contributed by atoms with E-state index in [1.807, 2.05) is 36.4 Å². The Hall–Kier alpha value is -3.67. The number of benzene rings is 2. The van der Waals surface area contributed by atoms with Gasteiger partial charge in [-0.05, 0) is 48.7 Å². The summed E-state index contributed by atoms with van der Waals surface area (Å²) in [5.41, 5.74) is 6.18. The zero-order chi connectivity index (χ0) is 21.6. The van der Waals surface area contributed by atoms with Gasteiger partial charge in [-0.2, -0.15) is 0 Å². The zero-order valence-corrected chi connectivity index (χ0v) is 17.9. The molecule has 0 spiro atoms. The van der Waals surface area contributed by atoms with E-state index in [1.165, 1.54) is 16.7 Å². The molecule has 2 aromatic carbocycles. The van der Waals surface area contributed by atoms with Crippen LogP contribution in [0.2, 0.25) is 0 Å². The molecular formula is C25H27N5O. The van der Waals surface area contributed by atoms with E-state index in [-0.39, 0.29) is 6.03 Å². The number of urea groups is 1. The van der Waals surface area contributed by atoms with E-state index in [4.69, 9.17) is 4.98 Å². The van der Waals surface area contributed by atoms with Crippen LogP contribution in [-0.4, -0.2) is 27.1 Å². The molecule has 0 atom stereocenters. The number of nitrogens with zero attached hydrogens (tertiary/aromatic N) is 3. The first-order valence-corrected chi connectivity index (χ1v) is 10.6. The molecule has 0 saturated heterocycles. The van der Waals surface area contributed by atoms with Gasteiger partial charge in [0.15, 0.2) is 5.65 Å². The van der Waals surface area contributed by atoms with Gasteiger partial charge < -0.3 is 15.2 Å². The van der Waals surface area contributed by atoms with Crippen molar-refractivity contribution in [3.8, 4) is 0 Å². The Morgan fingerprint density at radius 2 is 1.74 bits per heavy atom. The van der Waals surface area contributed by atoms with Crippen LogP contribution < -0.4 is 10.6 Å². The molecule has 2 heterocycles. The third-order valence-corrected chi connectivity index (χ3v) is 5.30. The van der Waals surface area contributed by atoms with Crippen LogP contribution in [0.25, 0.3) is 11.2 Å². The average molecular weight is 414 g/mol. The lowest BCUT2D eigenvalue weighted by Gasteiger charge is -2.11. The lowest BCUT2D eigenvalue weighted by Crippen LogP contribution is -2.31. The molecule has 0 bridgehead atoms. The second-order valence-electron chi connectivity index (χ2n) is 7.63. The third-order valence-electron chi connectivity index (χ3n) is 5.30. The molecule has 0 saturated carbocycles. The average Bonchev–Trinajstić information content (AvgIpc) is 3.13. The molecule has 0 unspecified atom stereocenters. The first-order chi connectivity index (χ1) is 15.1. The smallest absolute Gasteiger partial charge is 0.319 e. The van der Waals surface area contributed by atoms with Crippen LogP contribution in [-0.2, 0) is 19.4 Å². The maximum Gasteiger partial charge on any atom is 0.319 e. The summed E-state index contributed by atoms with van der Waals surface area (Å²) in [4.78, 5) is 21.6. The Bertz CT molecular complexity index is 1160. The standard InChI is InChI=1S/C25H27N5O/c1-3-19-10-12-21(13-11-19)28-25(31)27-16-14-23-29-22-5-4-15-26-24(22)30(23)17-20-8-6-18(2)7-9-20/h4-13,15H,3,14,16-17H2,1-2H3,(H2,27,28,31). The molecule has 158 valence electrons. The fourth-order valence-electron chi connectivity index (χ4n) is 3.53. The van der Waals surface area contributed by atoms with Crippen molar-refractivity contribution in [1.29, 1.82) is 0 Å². The van der Waals surface area contributed by atoms with Crippen molar-refractivity contribution in [3.05, 3.63) is 89.4 Å². The molecule has 2 amide bonds. The summed E-state index contributed by atoms with van der Waals surface area (Å²) in [6.45, 7) is 5.37. The normalized spacial score (nSPS) is 10.9. The molecule has 0 aliphatic carbocycles. The van der Waals surface area contributed by atoms with Crippen LogP contribution >= 0.6 is 0 Å². The van der Waals surface area contributed by atoms with E-state index in [2.05, 4.69) is 58.3 Å². The maximum absolute atomic E-state index is 12.3. The highest BCUT2D eigenvalue weighted by Crippen LogP contribution is 2.17. The van der Waals surface area contributed by atoms with E-state index >= 15 is 0 Å². The number of imidazole rings is 1. The van der Waals surface area contributed by atoms with E-state index in [0.717, 1.165) is 29.1 Å². The summed E-state index contributed by atoms with van der Waals surface area (Å²) in [7, 11) is 0. The number of carbonyl (C=O) groups excluding carboxylic acids is 1. The van der Waals surface area contributed by atoms with Gasteiger partial charge in [-0.1, -0.05) is 48.9 Å². The Morgan fingerprint density at radius 1 is 1.00 bits per heavy atom. The summed E-state index contributed by atoms with van der Waals surface area (Å²) in [5, 5.41) is 5.80. The van der Waals surface area contributed by atoms with Crippen molar-refractivity contribution in [3.63, 3.8) is 0 Å². The van der Waals surface area contributed by atoms with Gasteiger partial charge in [-0.25, -0.2) is 14.8 Å². The van der Waals surface area contributed by atoms with Gasteiger partial charge >= 0.3 is 6.03 Å². The van der Waals surface area contributed by atoms with E-state index in [9.17, 15) is 4.79 Å². The Balaban J connectivity index is 1.42. The molecule has 2 N–H and O–H groups in total. The number of aromatic nitrogens is 3. The summed E-state index contributed by atoms with van der Waals surface area (Å²) in [6, 6.07) is 20.0. The predicted octanol–water partition coefficient (Wildman–Crippen LogP) is 4.71. The van der Waals surface area contributed by atoms with Gasteiger partial charge in [-0.15, -0.1) is 0 Å². The van der Waals surface area contributed by atoms with Crippen molar-refractivity contribution in [1.82, 2.24) is 19.9 Å². The molecule has 0 fully saturated rings. The number of anilines is 1. The SMILES string of the molecule is CCc1ccc(NC(=O)NCCc2nc3cccnc3n2Cc2ccc(C)cc2)cc1. The van der Waals surface area contributed by atoms with Gasteiger partial charge in [0.1, 0.15) is 11.3 Å². The molecule has 2 aromatic heterocycles. The van der Waals surface area contributed by atoms with Crippen LogP contribution in [0.3, 0.4) is 0 Å². The summed E-state index contributed by atoms with van der Waals surface area (Å²) in [5.74, 6) is 0.905. The number of amides is 2. The minimum atomic E-state index is -0.219. The lowest BCUT2D eigenvalue weighted by atomic mass is 10.1. The van der Waals surface area contributed by atoms with Crippen molar-refractivity contribution in [2.45, 2.75) is 33.2 Å². The Labute approximate surface area is 182 Å². The Morgan fingerprint density at radius 3 is 2.48 bits per heavy atom. The monoisotopic (exact) mass is 413 g/mol. The Kier molecular flexibility index (Phi) is 6.26. The molecular weight excluding hydrogens is 386 g/mol. The second kappa shape index (κ2) is 9.43. The number of rotatable bonds is 7. The molecule has 0 aliphatic heterocycles. The lowest BCUT2D eigenvalue weighted by molar-refractivity contribution is 0.252. The molecule has 0 radical (unpaired) electrons. The molecule has 4 rings (SSSR count). The van der Waals surface area contributed by atoms with Crippen molar-refractivity contribution >= 4 is 22.9 Å². The first-order valence-electron chi connectivity index (χ1n) is 10.6. The van der Waals surface area contributed by atoms with Gasteiger partial charge in [-0.3, -0.25) is 0 Å². The molecule has 0 aliphatic rings. The number of hydrogen-bond donors (Lipinski definition) is 2. The molecule has 6 heteroatoms. The number of nitrogens with one attached hydrogen (secondary N) is 2. The van der Waals surface area contributed by atoms with Crippen molar-refractivity contribution in [2.24, 2.45) is 0 Å². The largest absolute Gasteiger partial charge is 0.337 e. The van der Waals surface area contributed by atoms with E-state index in [1.54, 1.807) is 6.20 Å². The maximum atomic E-state index is 12.3. The number of carbonyl (C=O) groups is 1. The van der Waals surface area contributed by atoms with E-state index < -0.39 is 0 Å². The van der Waals surface area contributed by atoms with Gasteiger partial charge in [0.2, 0.25) is 0 Å². The first kappa shape index (κ1) is 20.6. The molecule has 6 nitrogen and oxygen atoms in total. The quantitative estimate of drug-likeness (QED) is 0.461. The van der Waals surface area contributed by atoms with Crippen molar-refractivity contribution in [2.75, 3.05) is 11.9 Å². The number of hydrogen-bond acceptors (Lipinski definition) is 3. The van der Waals surface area contributed by atoms with Crippen molar-refractivity contribution < 1.29 is 4.79 Å². The minimum absolute atomic E-state index is 0.219. The summed E-state index contributed by atoms with van der Waals surface area (Å²) >= 11 is 0. The topological polar surface area (TPSA) is 71.8 Å². The van der Waals surface area contributed by atoms with Gasteiger partial charge in [0, 0.05) is 24.8 Å².